The lowest BCUT2D eigenvalue weighted by molar-refractivity contribution is 0.306. The van der Waals surface area contributed by atoms with E-state index in [1.165, 1.54) is 24.7 Å². The first-order chi connectivity index (χ1) is 21.2. The number of fused-ring (bicyclic) bond motifs is 1. The minimum Gasteiger partial charge on any atom is -0.487 e. The number of sulfone groups is 1. The number of aromatic nitrogens is 2. The molecule has 0 aliphatic rings. The van der Waals surface area contributed by atoms with Gasteiger partial charge in [-0.15, -0.1) is 0 Å². The second-order valence-corrected chi connectivity index (χ2v) is 13.2. The van der Waals surface area contributed by atoms with Gasteiger partial charge in [-0.25, -0.2) is 22.8 Å². The summed E-state index contributed by atoms with van der Waals surface area (Å²) in [6, 6.07) is 21.0. The molecule has 16 heteroatoms. The van der Waals surface area contributed by atoms with Crippen molar-refractivity contribution in [2.45, 2.75) is 13.2 Å². The van der Waals surface area contributed by atoms with Crippen LogP contribution in [0.15, 0.2) is 83.5 Å². The van der Waals surface area contributed by atoms with Crippen LogP contribution in [0, 0.1) is 5.82 Å². The van der Waals surface area contributed by atoms with Gasteiger partial charge in [0.2, 0.25) is 0 Å². The fourth-order valence-corrected chi connectivity index (χ4v) is 4.78. The highest BCUT2D eigenvalue weighted by Gasteiger charge is 2.11. The summed E-state index contributed by atoms with van der Waals surface area (Å²) < 4.78 is 79.4. The van der Waals surface area contributed by atoms with Gasteiger partial charge < -0.3 is 19.8 Å². The maximum Gasteiger partial charge on any atom is 0.394 e. The van der Waals surface area contributed by atoms with Crippen molar-refractivity contribution in [3.63, 3.8) is 0 Å². The Morgan fingerprint density at radius 2 is 1.76 bits per heavy atom. The molecule has 5 rings (SSSR count). The van der Waals surface area contributed by atoms with Crippen LogP contribution < -0.4 is 15.4 Å². The van der Waals surface area contributed by atoms with Crippen molar-refractivity contribution in [3.8, 4) is 17.1 Å². The van der Waals surface area contributed by atoms with Crippen LogP contribution in [0.5, 0.6) is 5.75 Å². The molecule has 4 N–H and O–H groups in total. The van der Waals surface area contributed by atoms with E-state index in [2.05, 4.69) is 20.6 Å². The number of nitrogens with one attached hydrogen (secondary N) is 2. The molecule has 0 aliphatic carbocycles. The molecule has 0 saturated heterocycles. The second-order valence-electron chi connectivity index (χ2n) is 9.66. The van der Waals surface area contributed by atoms with Gasteiger partial charge in [-0.2, -0.15) is 8.42 Å². The molecule has 0 amide bonds. The van der Waals surface area contributed by atoms with Crippen LogP contribution in [0.4, 0.5) is 15.9 Å². The first-order valence-corrected chi connectivity index (χ1v) is 16.9. The fraction of sp³-hybridized carbons (Fsp3) is 0.172. The van der Waals surface area contributed by atoms with Gasteiger partial charge in [0.15, 0.2) is 0 Å². The summed E-state index contributed by atoms with van der Waals surface area (Å²) in [5, 5.41) is 7.56. The summed E-state index contributed by atoms with van der Waals surface area (Å²) in [6.07, 6.45) is 2.69. The molecular formula is C29H28ClFN4O8S2. The van der Waals surface area contributed by atoms with Gasteiger partial charge >= 0.3 is 10.4 Å². The Kier molecular flexibility index (Phi) is 11.1. The molecule has 0 fully saturated rings. The summed E-state index contributed by atoms with van der Waals surface area (Å²) in [5.74, 6) is 2.17. The smallest absolute Gasteiger partial charge is 0.394 e. The van der Waals surface area contributed by atoms with Gasteiger partial charge in [-0.1, -0.05) is 23.7 Å². The fourth-order valence-electron chi connectivity index (χ4n) is 4.03. The second kappa shape index (κ2) is 14.8. The Morgan fingerprint density at radius 3 is 2.47 bits per heavy atom. The van der Waals surface area contributed by atoms with Crippen molar-refractivity contribution in [2.24, 2.45) is 0 Å². The molecule has 45 heavy (non-hydrogen) atoms. The van der Waals surface area contributed by atoms with E-state index < -0.39 is 20.2 Å². The van der Waals surface area contributed by atoms with Crippen LogP contribution >= 0.6 is 11.6 Å². The predicted molar refractivity (Wildman–Crippen MR) is 168 cm³/mol. The molecule has 12 nitrogen and oxygen atoms in total. The highest BCUT2D eigenvalue weighted by molar-refractivity contribution is 7.90. The van der Waals surface area contributed by atoms with Gasteiger partial charge in [0.1, 0.15) is 51.7 Å². The maximum atomic E-state index is 13.4. The Morgan fingerprint density at radius 1 is 0.978 bits per heavy atom. The molecule has 0 radical (unpaired) electrons. The number of nitrogens with zero attached hydrogens (tertiary/aromatic N) is 2. The first kappa shape index (κ1) is 33.8. The number of rotatable bonds is 11. The van der Waals surface area contributed by atoms with E-state index in [0.717, 1.165) is 16.5 Å². The van der Waals surface area contributed by atoms with Crippen LogP contribution in [-0.2, 0) is 33.4 Å². The number of anilines is 2. The predicted octanol–water partition coefficient (Wildman–Crippen LogP) is 5.49. The maximum absolute atomic E-state index is 13.4. The minimum atomic E-state index is -4.67. The minimum absolute atomic E-state index is 0.0664. The molecule has 0 atom stereocenters. The third-order valence-electron chi connectivity index (χ3n) is 6.01. The highest BCUT2D eigenvalue weighted by atomic mass is 35.5. The van der Waals surface area contributed by atoms with Gasteiger partial charge in [0.05, 0.1) is 22.8 Å². The lowest BCUT2D eigenvalue weighted by Gasteiger charge is -2.12. The number of ether oxygens (including phenoxy) is 1. The van der Waals surface area contributed by atoms with E-state index in [9.17, 15) is 12.8 Å². The van der Waals surface area contributed by atoms with Gasteiger partial charge in [0.25, 0.3) is 0 Å². The highest BCUT2D eigenvalue weighted by Crippen LogP contribution is 2.32. The van der Waals surface area contributed by atoms with Crippen LogP contribution in [-0.4, -0.2) is 54.5 Å². The number of hydrogen-bond donors (Lipinski definition) is 4. The van der Waals surface area contributed by atoms with E-state index in [1.807, 2.05) is 36.4 Å². The number of furan rings is 1. The van der Waals surface area contributed by atoms with Crippen LogP contribution in [0.2, 0.25) is 5.02 Å². The van der Waals surface area contributed by atoms with Crippen LogP contribution in [0.1, 0.15) is 11.3 Å². The zero-order valence-corrected chi connectivity index (χ0v) is 26.0. The number of halogens is 2. The zero-order chi connectivity index (χ0) is 32.6. The molecule has 5 aromatic rings. The third kappa shape index (κ3) is 11.1. The Bertz CT molecular complexity index is 2000. The molecular weight excluding hydrogens is 651 g/mol. The average molecular weight is 679 g/mol. The Hall–Kier alpha value is -4.12. The average Bonchev–Trinajstić information content (AvgIpc) is 3.43. The number of hydrogen-bond acceptors (Lipinski definition) is 10. The Labute approximate surface area is 263 Å². The molecule has 2 heterocycles. The molecule has 0 unspecified atom stereocenters. The number of benzene rings is 3. The van der Waals surface area contributed by atoms with Gasteiger partial charge in [0, 0.05) is 29.4 Å². The van der Waals surface area contributed by atoms with Crippen molar-refractivity contribution in [2.75, 3.05) is 23.9 Å². The lowest BCUT2D eigenvalue weighted by Crippen LogP contribution is -2.21. The van der Waals surface area contributed by atoms with Crippen molar-refractivity contribution >= 4 is 54.2 Å². The van der Waals surface area contributed by atoms with Crippen LogP contribution in [0.3, 0.4) is 0 Å². The quantitative estimate of drug-likeness (QED) is 0.102. The normalized spacial score (nSPS) is 11.6. The van der Waals surface area contributed by atoms with Crippen molar-refractivity contribution in [1.29, 1.82) is 0 Å². The van der Waals surface area contributed by atoms with Crippen molar-refractivity contribution < 1.29 is 39.5 Å². The molecule has 0 spiro atoms. The standard InChI is InChI=1S/C29H26ClFN4O4S.H2O4S/c1-40(36,37)12-11-32-16-23-7-10-27(39-23)20-5-8-26-24(14-20)29(34-18-33-26)35-22-6-9-28(25(30)15-22)38-17-19-3-2-4-21(31)13-19;1-5(2,3)4/h2-10,13-15,18,32H,11-12,16-17H2,1H3,(H,33,34,35);(H2,1,2,3,4). The van der Waals surface area contributed by atoms with E-state index in [4.69, 9.17) is 38.3 Å². The van der Waals surface area contributed by atoms with E-state index in [0.29, 0.717) is 52.5 Å². The molecule has 238 valence electrons. The monoisotopic (exact) mass is 678 g/mol. The summed E-state index contributed by atoms with van der Waals surface area (Å²) in [5.41, 5.74) is 2.99. The summed E-state index contributed by atoms with van der Waals surface area (Å²) in [4.78, 5) is 8.80. The summed E-state index contributed by atoms with van der Waals surface area (Å²) >= 11 is 6.47. The topological polar surface area (TPSA) is 181 Å². The van der Waals surface area contributed by atoms with Crippen molar-refractivity contribution in [3.05, 3.63) is 101 Å². The molecule has 3 aromatic carbocycles. The molecule has 0 bridgehead atoms. The lowest BCUT2D eigenvalue weighted by atomic mass is 10.1. The Balaban J connectivity index is 0.000000854. The molecule has 2 aromatic heterocycles. The zero-order valence-electron chi connectivity index (χ0n) is 23.6. The molecule has 0 saturated carbocycles. The summed E-state index contributed by atoms with van der Waals surface area (Å²) in [6.45, 7) is 0.956. The molecule has 0 aliphatic heterocycles. The SMILES string of the molecule is CS(=O)(=O)CCNCc1ccc(-c2ccc3ncnc(Nc4ccc(OCc5cccc(F)c5)c(Cl)c4)c3c2)o1.O=S(=O)(O)O. The van der Waals surface area contributed by atoms with E-state index >= 15 is 0 Å². The van der Waals surface area contributed by atoms with Crippen LogP contribution in [0.25, 0.3) is 22.2 Å². The van der Waals surface area contributed by atoms with Gasteiger partial charge in [-0.3, -0.25) is 9.11 Å². The third-order valence-corrected chi connectivity index (χ3v) is 7.25. The largest absolute Gasteiger partial charge is 0.487 e. The van der Waals surface area contributed by atoms with E-state index in [1.54, 1.807) is 24.3 Å². The summed E-state index contributed by atoms with van der Waals surface area (Å²) in [7, 11) is -7.69. The van der Waals surface area contributed by atoms with E-state index in [-0.39, 0.29) is 18.2 Å². The van der Waals surface area contributed by atoms with Gasteiger partial charge in [-0.05, 0) is 66.2 Å². The van der Waals surface area contributed by atoms with Crippen molar-refractivity contribution in [1.82, 2.24) is 15.3 Å². The first-order valence-electron chi connectivity index (χ1n) is 13.1.